The summed E-state index contributed by atoms with van der Waals surface area (Å²) in [5, 5.41) is 0. The summed E-state index contributed by atoms with van der Waals surface area (Å²) < 4.78 is 0. The molecule has 0 aromatic heterocycles. The molecule has 0 aliphatic carbocycles. The fraction of sp³-hybridized carbons (Fsp3) is 0.889. The highest BCUT2D eigenvalue weighted by Gasteiger charge is 2.08. The van der Waals surface area contributed by atoms with Crippen LogP contribution in [-0.4, -0.2) is 62.0 Å². The molecule has 13 heavy (non-hydrogen) atoms. The molecule has 0 aliphatic rings. The summed E-state index contributed by atoms with van der Waals surface area (Å²) in [4.78, 5) is 8.62. The number of thioether (sulfide) groups is 1. The molecule has 0 heterocycles. The van der Waals surface area contributed by atoms with E-state index >= 15 is 0 Å². The lowest BCUT2D eigenvalue weighted by Crippen LogP contribution is -2.41. The molecule has 78 valence electrons. The number of rotatable bonds is 4. The minimum Gasteiger partial charge on any atom is -0.346 e. The highest BCUT2D eigenvalue weighted by Crippen LogP contribution is 1.97. The van der Waals surface area contributed by atoms with Gasteiger partial charge in [0.25, 0.3) is 0 Å². The molecule has 0 saturated carbocycles. The molecule has 0 fully saturated rings. The molecule has 0 amide bonds. The minimum atomic E-state index is 0.996. The van der Waals surface area contributed by atoms with Gasteiger partial charge in [0, 0.05) is 40.0 Å². The van der Waals surface area contributed by atoms with Gasteiger partial charge in [0.15, 0.2) is 5.96 Å². The van der Waals surface area contributed by atoms with Crippen LogP contribution in [0.2, 0.25) is 0 Å². The van der Waals surface area contributed by atoms with Crippen LogP contribution in [0.3, 0.4) is 0 Å². The normalized spacial score (nSPS) is 11.6. The molecule has 0 aromatic carbocycles. The predicted molar refractivity (Wildman–Crippen MR) is 62.7 cm³/mol. The van der Waals surface area contributed by atoms with E-state index in [1.54, 1.807) is 0 Å². The molecule has 0 atom stereocenters. The minimum absolute atomic E-state index is 0.996. The van der Waals surface area contributed by atoms with Crippen molar-refractivity contribution in [1.82, 2.24) is 9.80 Å². The van der Waals surface area contributed by atoms with Gasteiger partial charge in [-0.1, -0.05) is 0 Å². The number of guanidine groups is 1. The van der Waals surface area contributed by atoms with Crippen LogP contribution >= 0.6 is 11.8 Å². The number of hydrogen-bond acceptors (Lipinski definition) is 2. The Bertz CT molecular complexity index is 159. The van der Waals surface area contributed by atoms with Gasteiger partial charge in [-0.2, -0.15) is 11.8 Å². The molecule has 0 bridgehead atoms. The first-order valence-corrected chi connectivity index (χ1v) is 5.94. The Kier molecular flexibility index (Phi) is 6.86. The summed E-state index contributed by atoms with van der Waals surface area (Å²) in [5.74, 6) is 2.21. The second-order valence-corrected chi connectivity index (χ2v) is 3.94. The molecule has 0 spiro atoms. The van der Waals surface area contributed by atoms with Gasteiger partial charge < -0.3 is 9.80 Å². The topological polar surface area (TPSA) is 18.8 Å². The smallest absolute Gasteiger partial charge is 0.195 e. The molecular weight excluding hydrogens is 182 g/mol. The van der Waals surface area contributed by atoms with E-state index in [2.05, 4.69) is 42.1 Å². The summed E-state index contributed by atoms with van der Waals surface area (Å²) in [7, 11) is 6.00. The first-order chi connectivity index (χ1) is 6.17. The second kappa shape index (κ2) is 7.06. The largest absolute Gasteiger partial charge is 0.346 e. The molecular formula is C9H21N3S. The van der Waals surface area contributed by atoms with Gasteiger partial charge in [0.1, 0.15) is 0 Å². The van der Waals surface area contributed by atoms with Gasteiger partial charge in [0.05, 0.1) is 0 Å². The molecule has 0 N–H and O–H groups in total. The van der Waals surface area contributed by atoms with Crippen molar-refractivity contribution in [3.05, 3.63) is 0 Å². The Morgan fingerprint density at radius 3 is 2.31 bits per heavy atom. The summed E-state index contributed by atoms with van der Waals surface area (Å²) in [5.41, 5.74) is 0. The zero-order valence-electron chi connectivity index (χ0n) is 9.37. The fourth-order valence-electron chi connectivity index (χ4n) is 1.10. The number of hydrogen-bond donors (Lipinski definition) is 0. The summed E-state index contributed by atoms with van der Waals surface area (Å²) >= 11 is 1.86. The summed E-state index contributed by atoms with van der Waals surface area (Å²) in [6.45, 7) is 4.18. The monoisotopic (exact) mass is 203 g/mol. The third-order valence-electron chi connectivity index (χ3n) is 1.99. The Balaban J connectivity index is 4.08. The average Bonchev–Trinajstić information content (AvgIpc) is 2.15. The molecule has 0 rings (SSSR count). The van der Waals surface area contributed by atoms with E-state index < -0.39 is 0 Å². The maximum atomic E-state index is 4.27. The maximum absolute atomic E-state index is 4.27. The van der Waals surface area contributed by atoms with Crippen LogP contribution in [0.1, 0.15) is 6.92 Å². The lowest BCUT2D eigenvalue weighted by atomic mass is 10.5. The van der Waals surface area contributed by atoms with Crippen molar-refractivity contribution in [2.75, 3.05) is 46.2 Å². The first-order valence-electron chi connectivity index (χ1n) is 4.55. The van der Waals surface area contributed by atoms with Crippen LogP contribution < -0.4 is 0 Å². The summed E-state index contributed by atoms with van der Waals surface area (Å²) in [6.07, 6.45) is 2.13. The third-order valence-corrected chi connectivity index (χ3v) is 2.58. The van der Waals surface area contributed by atoms with Crippen LogP contribution in [0.15, 0.2) is 4.99 Å². The van der Waals surface area contributed by atoms with E-state index in [9.17, 15) is 0 Å². The Labute approximate surface area is 86.2 Å². The Hall–Kier alpha value is -0.380. The van der Waals surface area contributed by atoms with E-state index in [1.807, 2.05) is 18.8 Å². The van der Waals surface area contributed by atoms with E-state index in [1.165, 1.54) is 0 Å². The van der Waals surface area contributed by atoms with Gasteiger partial charge in [-0.3, -0.25) is 4.99 Å². The standard InChI is InChI=1S/C9H21N3S/c1-6-11(3)9(10-2)12(4)7-8-13-5/h6-8H2,1-5H3. The first kappa shape index (κ1) is 12.6. The predicted octanol–water partition coefficient (Wildman–Crippen LogP) is 1.22. The number of aliphatic imine (C=N–C) groups is 1. The molecule has 0 aromatic rings. The summed E-state index contributed by atoms with van der Waals surface area (Å²) in [6, 6.07) is 0. The van der Waals surface area contributed by atoms with Crippen LogP contribution in [0.5, 0.6) is 0 Å². The van der Waals surface area contributed by atoms with Gasteiger partial charge in [-0.25, -0.2) is 0 Å². The highest BCUT2D eigenvalue weighted by atomic mass is 32.2. The van der Waals surface area contributed by atoms with E-state index in [0.29, 0.717) is 0 Å². The van der Waals surface area contributed by atoms with E-state index in [0.717, 1.165) is 24.8 Å². The highest BCUT2D eigenvalue weighted by molar-refractivity contribution is 7.98. The van der Waals surface area contributed by atoms with Gasteiger partial charge in [-0.15, -0.1) is 0 Å². The van der Waals surface area contributed by atoms with Gasteiger partial charge in [0.2, 0.25) is 0 Å². The Morgan fingerprint density at radius 2 is 1.92 bits per heavy atom. The van der Waals surface area contributed by atoms with Crippen molar-refractivity contribution < 1.29 is 0 Å². The van der Waals surface area contributed by atoms with Crippen molar-refractivity contribution in [3.63, 3.8) is 0 Å². The second-order valence-electron chi connectivity index (χ2n) is 2.95. The lowest BCUT2D eigenvalue weighted by Gasteiger charge is -2.27. The van der Waals surface area contributed by atoms with Gasteiger partial charge in [-0.05, 0) is 13.2 Å². The molecule has 0 unspecified atom stereocenters. The third kappa shape index (κ3) is 4.41. The zero-order chi connectivity index (χ0) is 10.3. The van der Waals surface area contributed by atoms with E-state index in [-0.39, 0.29) is 0 Å². The number of nitrogens with zero attached hydrogens (tertiary/aromatic N) is 3. The average molecular weight is 203 g/mol. The van der Waals surface area contributed by atoms with Crippen LogP contribution in [0.25, 0.3) is 0 Å². The van der Waals surface area contributed by atoms with Crippen molar-refractivity contribution in [2.24, 2.45) is 4.99 Å². The molecule has 3 nitrogen and oxygen atoms in total. The Morgan fingerprint density at radius 1 is 1.31 bits per heavy atom. The molecule has 0 aliphatic heterocycles. The lowest BCUT2D eigenvalue weighted by molar-refractivity contribution is 0.412. The van der Waals surface area contributed by atoms with Crippen molar-refractivity contribution in [3.8, 4) is 0 Å². The van der Waals surface area contributed by atoms with Crippen molar-refractivity contribution in [1.29, 1.82) is 0 Å². The van der Waals surface area contributed by atoms with Crippen LogP contribution in [0, 0.1) is 0 Å². The maximum Gasteiger partial charge on any atom is 0.195 e. The van der Waals surface area contributed by atoms with E-state index in [4.69, 9.17) is 0 Å². The molecule has 0 saturated heterocycles. The molecule has 0 radical (unpaired) electrons. The molecule has 4 heteroatoms. The van der Waals surface area contributed by atoms with Gasteiger partial charge >= 0.3 is 0 Å². The van der Waals surface area contributed by atoms with Crippen LogP contribution in [-0.2, 0) is 0 Å². The quantitative estimate of drug-likeness (QED) is 0.506. The van der Waals surface area contributed by atoms with Crippen molar-refractivity contribution in [2.45, 2.75) is 6.92 Å². The fourth-order valence-corrected chi connectivity index (χ4v) is 1.56. The van der Waals surface area contributed by atoms with Crippen molar-refractivity contribution >= 4 is 17.7 Å². The zero-order valence-corrected chi connectivity index (χ0v) is 10.2. The SMILES string of the molecule is CCN(C)C(=NC)N(C)CCSC. The van der Waals surface area contributed by atoms with Crippen LogP contribution in [0.4, 0.5) is 0 Å².